The lowest BCUT2D eigenvalue weighted by atomic mass is 10.2. The van der Waals surface area contributed by atoms with Gasteiger partial charge in [-0.15, -0.1) is 0 Å². The minimum Gasteiger partial charge on any atom is -0.495 e. The van der Waals surface area contributed by atoms with Gasteiger partial charge in [0.2, 0.25) is 0 Å². The van der Waals surface area contributed by atoms with Gasteiger partial charge >= 0.3 is 6.03 Å². The lowest BCUT2D eigenvalue weighted by molar-refractivity contribution is 0.202. The van der Waals surface area contributed by atoms with Crippen LogP contribution in [0.25, 0.3) is 0 Å². The highest BCUT2D eigenvalue weighted by Gasteiger charge is 2.18. The molecule has 0 radical (unpaired) electrons. The average Bonchev–Trinajstić information content (AvgIpc) is 2.61. The van der Waals surface area contributed by atoms with Gasteiger partial charge in [0.1, 0.15) is 5.75 Å². The number of carbonyl (C=O) groups excluding carboxylic acids is 1. The fourth-order valence-corrected chi connectivity index (χ4v) is 3.15. The molecular weight excluding hydrogens is 394 g/mol. The molecule has 6 heteroatoms. The molecule has 26 heavy (non-hydrogen) atoms. The summed E-state index contributed by atoms with van der Waals surface area (Å²) in [6, 6.07) is 13.7. The Kier molecular flexibility index (Phi) is 7.48. The van der Waals surface area contributed by atoms with Gasteiger partial charge in [-0.2, -0.15) is 0 Å². The number of halogens is 1. The van der Waals surface area contributed by atoms with Gasteiger partial charge in [0.05, 0.1) is 12.8 Å². The molecule has 0 bridgehead atoms. The number of benzene rings is 2. The Balaban J connectivity index is 2.20. The molecule has 0 fully saturated rings. The van der Waals surface area contributed by atoms with E-state index >= 15 is 0 Å². The monoisotopic (exact) mass is 419 g/mol. The molecule has 0 saturated heterocycles. The molecule has 0 saturated carbocycles. The van der Waals surface area contributed by atoms with E-state index in [1.807, 2.05) is 68.4 Å². The number of hydrogen-bond donors (Lipinski definition) is 1. The first-order chi connectivity index (χ1) is 12.4. The Morgan fingerprint density at radius 2 is 1.85 bits per heavy atom. The summed E-state index contributed by atoms with van der Waals surface area (Å²) < 4.78 is 6.35. The van der Waals surface area contributed by atoms with Crippen molar-refractivity contribution in [1.29, 1.82) is 0 Å². The van der Waals surface area contributed by atoms with E-state index in [0.717, 1.165) is 22.1 Å². The van der Waals surface area contributed by atoms with Crippen LogP contribution in [0.1, 0.15) is 11.1 Å². The third kappa shape index (κ3) is 5.75. The van der Waals surface area contributed by atoms with Crippen LogP contribution in [0.15, 0.2) is 46.9 Å². The third-order valence-electron chi connectivity index (χ3n) is 4.04. The van der Waals surface area contributed by atoms with E-state index < -0.39 is 0 Å². The van der Waals surface area contributed by atoms with Gasteiger partial charge < -0.3 is 19.9 Å². The van der Waals surface area contributed by atoms with Crippen molar-refractivity contribution in [3.05, 3.63) is 58.1 Å². The van der Waals surface area contributed by atoms with Crippen LogP contribution in [0.3, 0.4) is 0 Å². The molecular formula is C20H26BrN3O2. The highest BCUT2D eigenvalue weighted by atomic mass is 79.9. The summed E-state index contributed by atoms with van der Waals surface area (Å²) in [4.78, 5) is 16.8. The molecule has 2 aromatic carbocycles. The molecule has 0 unspecified atom stereocenters. The number of methoxy groups -OCH3 is 1. The van der Waals surface area contributed by atoms with E-state index in [2.05, 4.69) is 26.1 Å². The van der Waals surface area contributed by atoms with Crippen molar-refractivity contribution >= 4 is 27.6 Å². The van der Waals surface area contributed by atoms with Crippen molar-refractivity contribution in [3.63, 3.8) is 0 Å². The number of rotatable bonds is 7. The summed E-state index contributed by atoms with van der Waals surface area (Å²) in [7, 11) is 5.60. The molecule has 1 N–H and O–H groups in total. The first-order valence-corrected chi connectivity index (χ1v) is 9.28. The van der Waals surface area contributed by atoms with E-state index in [1.54, 1.807) is 7.11 Å². The van der Waals surface area contributed by atoms with Gasteiger partial charge in [0.15, 0.2) is 0 Å². The van der Waals surface area contributed by atoms with Crippen molar-refractivity contribution in [3.8, 4) is 5.75 Å². The normalized spacial score (nSPS) is 10.7. The number of anilines is 1. The second kappa shape index (κ2) is 9.59. The highest BCUT2D eigenvalue weighted by Crippen LogP contribution is 2.32. The van der Waals surface area contributed by atoms with Crippen LogP contribution in [0.4, 0.5) is 10.5 Å². The summed E-state index contributed by atoms with van der Waals surface area (Å²) in [5.41, 5.74) is 2.74. The maximum Gasteiger partial charge on any atom is 0.322 e. The zero-order valence-electron chi connectivity index (χ0n) is 15.8. The van der Waals surface area contributed by atoms with Crippen LogP contribution in [-0.2, 0) is 6.54 Å². The second-order valence-electron chi connectivity index (χ2n) is 6.44. The van der Waals surface area contributed by atoms with E-state index in [9.17, 15) is 4.79 Å². The van der Waals surface area contributed by atoms with Crippen LogP contribution < -0.4 is 10.1 Å². The van der Waals surface area contributed by atoms with Crippen LogP contribution in [0.5, 0.6) is 5.75 Å². The van der Waals surface area contributed by atoms with Gasteiger partial charge in [-0.25, -0.2) is 4.79 Å². The number of urea groups is 1. The van der Waals surface area contributed by atoms with Crippen LogP contribution >= 0.6 is 15.9 Å². The Hall–Kier alpha value is -2.05. The van der Waals surface area contributed by atoms with Crippen molar-refractivity contribution in [2.75, 3.05) is 39.6 Å². The van der Waals surface area contributed by atoms with Gasteiger partial charge in [0.25, 0.3) is 0 Å². The van der Waals surface area contributed by atoms with Crippen LogP contribution in [-0.4, -0.2) is 50.1 Å². The molecule has 0 atom stereocenters. The van der Waals surface area contributed by atoms with Gasteiger partial charge in [-0.1, -0.05) is 46.3 Å². The Morgan fingerprint density at radius 3 is 2.46 bits per heavy atom. The molecule has 0 heterocycles. The molecule has 0 spiro atoms. The fraction of sp³-hybridized carbons (Fsp3) is 0.350. The summed E-state index contributed by atoms with van der Waals surface area (Å²) >= 11 is 3.46. The number of aryl methyl sites for hydroxylation is 1. The summed E-state index contributed by atoms with van der Waals surface area (Å²) in [5.74, 6) is 0.637. The maximum absolute atomic E-state index is 13.0. The molecule has 0 aliphatic carbocycles. The number of amides is 2. The fourth-order valence-electron chi connectivity index (χ4n) is 2.60. The number of nitrogens with one attached hydrogen (secondary N) is 1. The number of hydrogen-bond acceptors (Lipinski definition) is 3. The summed E-state index contributed by atoms with van der Waals surface area (Å²) in [5, 5.41) is 3.02. The Bertz CT molecular complexity index is 735. The van der Waals surface area contributed by atoms with Gasteiger partial charge in [-0.3, -0.25) is 0 Å². The van der Waals surface area contributed by atoms with E-state index in [0.29, 0.717) is 24.5 Å². The molecule has 2 amide bonds. The van der Waals surface area contributed by atoms with Gasteiger partial charge in [-0.05, 0) is 44.3 Å². The smallest absolute Gasteiger partial charge is 0.322 e. The Morgan fingerprint density at radius 1 is 1.15 bits per heavy atom. The number of carbonyl (C=O) groups is 1. The molecule has 0 aliphatic heterocycles. The molecule has 5 nitrogen and oxygen atoms in total. The standard InChI is InChI=1S/C20H26BrN3O2/c1-15-12-17(21)13-18(26-4)19(15)22-20(25)24(11-10-23(2)3)14-16-8-6-5-7-9-16/h5-9,12-13H,10-11,14H2,1-4H3,(H,22,25). The largest absolute Gasteiger partial charge is 0.495 e. The predicted octanol–water partition coefficient (Wildman–Crippen LogP) is 4.36. The van der Waals surface area contributed by atoms with Crippen molar-refractivity contribution < 1.29 is 9.53 Å². The summed E-state index contributed by atoms with van der Waals surface area (Å²) in [6.45, 7) is 3.92. The third-order valence-corrected chi connectivity index (χ3v) is 4.49. The SMILES string of the molecule is COc1cc(Br)cc(C)c1NC(=O)N(CCN(C)C)Cc1ccccc1. The quantitative estimate of drug-likeness (QED) is 0.724. The number of likely N-dealkylation sites (N-methyl/N-ethyl adjacent to an activating group) is 1. The first kappa shape index (κ1) is 20.3. The average molecular weight is 420 g/mol. The van der Waals surface area contributed by atoms with Crippen LogP contribution in [0.2, 0.25) is 0 Å². The van der Waals surface area contributed by atoms with Crippen molar-refractivity contribution in [2.24, 2.45) is 0 Å². The zero-order valence-corrected chi connectivity index (χ0v) is 17.3. The molecule has 0 aromatic heterocycles. The maximum atomic E-state index is 13.0. The summed E-state index contributed by atoms with van der Waals surface area (Å²) in [6.07, 6.45) is 0. The predicted molar refractivity (Wildman–Crippen MR) is 110 cm³/mol. The van der Waals surface area contributed by atoms with Crippen molar-refractivity contribution in [1.82, 2.24) is 9.80 Å². The van der Waals surface area contributed by atoms with E-state index in [1.165, 1.54) is 0 Å². The van der Waals surface area contributed by atoms with E-state index in [4.69, 9.17) is 4.74 Å². The zero-order chi connectivity index (χ0) is 19.1. The number of nitrogens with zero attached hydrogens (tertiary/aromatic N) is 2. The van der Waals surface area contributed by atoms with Crippen LogP contribution in [0, 0.1) is 6.92 Å². The second-order valence-corrected chi connectivity index (χ2v) is 7.36. The molecule has 2 rings (SSSR count). The lowest BCUT2D eigenvalue weighted by Gasteiger charge is -2.26. The minimum absolute atomic E-state index is 0.139. The first-order valence-electron chi connectivity index (χ1n) is 8.49. The van der Waals surface area contributed by atoms with Gasteiger partial charge in [0, 0.05) is 24.1 Å². The molecule has 140 valence electrons. The molecule has 0 aliphatic rings. The topological polar surface area (TPSA) is 44.8 Å². The minimum atomic E-state index is -0.139. The Labute approximate surface area is 164 Å². The lowest BCUT2D eigenvalue weighted by Crippen LogP contribution is -2.39. The highest BCUT2D eigenvalue weighted by molar-refractivity contribution is 9.10. The number of ether oxygens (including phenoxy) is 1. The van der Waals surface area contributed by atoms with Crippen molar-refractivity contribution in [2.45, 2.75) is 13.5 Å². The van der Waals surface area contributed by atoms with E-state index in [-0.39, 0.29) is 6.03 Å². The molecule has 2 aromatic rings.